The number of hydrogen-bond donors (Lipinski definition) is 0. The van der Waals surface area contributed by atoms with Crippen LogP contribution in [-0.2, 0) is 0 Å². The Morgan fingerprint density at radius 3 is 1.68 bits per heavy atom. The maximum absolute atomic E-state index is 12.1. The number of ether oxygens (including phenoxy) is 1. The molecule has 0 N–H and O–H groups in total. The Morgan fingerprint density at radius 1 is 0.680 bits per heavy atom. The van der Waals surface area contributed by atoms with Gasteiger partial charge in [-0.25, -0.2) is 4.79 Å². The van der Waals surface area contributed by atoms with Gasteiger partial charge in [0.2, 0.25) is 0 Å². The highest BCUT2D eigenvalue weighted by Gasteiger charge is 2.08. The molecule has 0 atom stereocenters. The fourth-order valence-corrected chi connectivity index (χ4v) is 2.47. The summed E-state index contributed by atoms with van der Waals surface area (Å²) in [6.07, 6.45) is 0. The van der Waals surface area contributed by atoms with Crippen molar-refractivity contribution in [3.63, 3.8) is 0 Å². The van der Waals surface area contributed by atoms with Crippen molar-refractivity contribution >= 4 is 11.8 Å². The maximum Gasteiger partial charge on any atom is 0.343 e. The van der Waals surface area contributed by atoms with Crippen molar-refractivity contribution in [2.45, 2.75) is 13.8 Å². The normalized spacial score (nSPS) is 10.3. The Labute approximate surface area is 146 Å². The molecule has 0 aliphatic carbocycles. The van der Waals surface area contributed by atoms with E-state index in [2.05, 4.69) is 0 Å². The molecular formula is C22H18O3. The summed E-state index contributed by atoms with van der Waals surface area (Å²) in [7, 11) is 0. The number of ketones is 1. The van der Waals surface area contributed by atoms with Crippen molar-refractivity contribution in [1.82, 2.24) is 0 Å². The van der Waals surface area contributed by atoms with E-state index < -0.39 is 0 Å². The maximum atomic E-state index is 12.1. The topological polar surface area (TPSA) is 43.4 Å². The lowest BCUT2D eigenvalue weighted by atomic mass is 10.0. The monoisotopic (exact) mass is 330 g/mol. The second-order valence-electron chi connectivity index (χ2n) is 5.91. The molecule has 3 rings (SSSR count). The Bertz CT molecular complexity index is 890. The summed E-state index contributed by atoms with van der Waals surface area (Å²) in [6.45, 7) is 3.52. The van der Waals surface area contributed by atoms with Crippen molar-refractivity contribution in [3.8, 4) is 16.9 Å². The molecule has 0 spiro atoms. The van der Waals surface area contributed by atoms with Crippen LogP contribution in [0, 0.1) is 6.92 Å². The van der Waals surface area contributed by atoms with E-state index >= 15 is 0 Å². The number of benzene rings is 3. The number of carbonyl (C=O) groups is 2. The molecule has 25 heavy (non-hydrogen) atoms. The molecule has 0 bridgehead atoms. The van der Waals surface area contributed by atoms with Crippen molar-refractivity contribution in [2.24, 2.45) is 0 Å². The van der Waals surface area contributed by atoms with Crippen LogP contribution in [0.3, 0.4) is 0 Å². The van der Waals surface area contributed by atoms with Gasteiger partial charge in [0.05, 0.1) is 5.56 Å². The van der Waals surface area contributed by atoms with E-state index in [4.69, 9.17) is 4.74 Å². The highest BCUT2D eigenvalue weighted by atomic mass is 16.5. The van der Waals surface area contributed by atoms with Crippen LogP contribution in [0.15, 0.2) is 72.8 Å². The third-order valence-corrected chi connectivity index (χ3v) is 3.98. The standard InChI is InChI=1S/C22H18O3/c1-15-3-5-20(6-4-15)22(24)25-21-13-11-19(12-14-21)18-9-7-17(8-10-18)16(2)23/h3-14H,1-2H3. The number of esters is 1. The van der Waals surface area contributed by atoms with Gasteiger partial charge in [-0.3, -0.25) is 4.79 Å². The third-order valence-electron chi connectivity index (χ3n) is 3.98. The van der Waals surface area contributed by atoms with Crippen molar-refractivity contribution in [1.29, 1.82) is 0 Å². The molecule has 3 aromatic carbocycles. The molecule has 124 valence electrons. The first-order valence-corrected chi connectivity index (χ1v) is 8.03. The van der Waals surface area contributed by atoms with E-state index in [1.54, 1.807) is 31.2 Å². The SMILES string of the molecule is CC(=O)c1ccc(-c2ccc(OC(=O)c3ccc(C)cc3)cc2)cc1. The fraction of sp³-hybridized carbons (Fsp3) is 0.0909. The van der Waals surface area contributed by atoms with E-state index in [9.17, 15) is 9.59 Å². The number of rotatable bonds is 4. The van der Waals surface area contributed by atoms with Gasteiger partial charge in [0, 0.05) is 5.56 Å². The predicted octanol–water partition coefficient (Wildman–Crippen LogP) is 5.08. The summed E-state index contributed by atoms with van der Waals surface area (Å²) in [6, 6.07) is 22.0. The van der Waals surface area contributed by atoms with Gasteiger partial charge in [-0.05, 0) is 49.2 Å². The number of hydrogen-bond acceptors (Lipinski definition) is 3. The first-order valence-electron chi connectivity index (χ1n) is 8.03. The van der Waals surface area contributed by atoms with Crippen molar-refractivity contribution in [3.05, 3.63) is 89.5 Å². The fourth-order valence-electron chi connectivity index (χ4n) is 2.47. The molecule has 0 amide bonds. The van der Waals surface area contributed by atoms with Gasteiger partial charge >= 0.3 is 5.97 Å². The summed E-state index contributed by atoms with van der Waals surface area (Å²) < 4.78 is 5.40. The van der Waals surface area contributed by atoms with Crippen molar-refractivity contribution in [2.75, 3.05) is 0 Å². The molecule has 0 aromatic heterocycles. The highest BCUT2D eigenvalue weighted by molar-refractivity contribution is 5.94. The van der Waals surface area contributed by atoms with E-state index in [0.717, 1.165) is 16.7 Å². The molecule has 0 aliphatic rings. The predicted molar refractivity (Wildman–Crippen MR) is 98.0 cm³/mol. The minimum absolute atomic E-state index is 0.0462. The minimum atomic E-state index is -0.376. The summed E-state index contributed by atoms with van der Waals surface area (Å²) >= 11 is 0. The van der Waals surface area contributed by atoms with E-state index in [-0.39, 0.29) is 11.8 Å². The first-order chi connectivity index (χ1) is 12.0. The number of carbonyl (C=O) groups excluding carboxylic acids is 2. The molecule has 3 nitrogen and oxygen atoms in total. The quantitative estimate of drug-likeness (QED) is 0.380. The van der Waals surface area contributed by atoms with Crippen LogP contribution in [0.25, 0.3) is 11.1 Å². The second kappa shape index (κ2) is 7.14. The molecule has 0 unspecified atom stereocenters. The Morgan fingerprint density at radius 2 is 1.16 bits per heavy atom. The van der Waals surface area contributed by atoms with E-state index in [1.807, 2.05) is 55.5 Å². The van der Waals surface area contributed by atoms with Gasteiger partial charge < -0.3 is 4.74 Å². The van der Waals surface area contributed by atoms with Crippen LogP contribution in [-0.4, -0.2) is 11.8 Å². The molecule has 0 saturated heterocycles. The van der Waals surface area contributed by atoms with Gasteiger partial charge in [-0.15, -0.1) is 0 Å². The molecule has 0 saturated carbocycles. The number of Topliss-reactive ketones (excluding diaryl/α,β-unsaturated/α-hetero) is 1. The average Bonchev–Trinajstić information content (AvgIpc) is 2.63. The van der Waals surface area contributed by atoms with Gasteiger partial charge in [-0.2, -0.15) is 0 Å². The zero-order chi connectivity index (χ0) is 17.8. The Kier molecular flexibility index (Phi) is 4.75. The highest BCUT2D eigenvalue weighted by Crippen LogP contribution is 2.23. The van der Waals surface area contributed by atoms with Crippen LogP contribution < -0.4 is 4.74 Å². The zero-order valence-electron chi connectivity index (χ0n) is 14.2. The van der Waals surface area contributed by atoms with E-state index in [1.165, 1.54) is 0 Å². The van der Waals surface area contributed by atoms with Crippen LogP contribution in [0.2, 0.25) is 0 Å². The molecule has 3 aromatic rings. The van der Waals surface area contributed by atoms with Crippen LogP contribution in [0.1, 0.15) is 33.2 Å². The van der Waals surface area contributed by atoms with Crippen LogP contribution in [0.5, 0.6) is 5.75 Å². The summed E-state index contributed by atoms with van der Waals surface area (Å²) in [5.41, 5.74) is 4.30. The lowest BCUT2D eigenvalue weighted by Gasteiger charge is -2.07. The first kappa shape index (κ1) is 16.7. The third kappa shape index (κ3) is 4.01. The molecule has 0 radical (unpaired) electrons. The second-order valence-corrected chi connectivity index (χ2v) is 5.91. The summed E-state index contributed by atoms with van der Waals surface area (Å²) in [5, 5.41) is 0. The molecule has 0 fully saturated rings. The smallest absolute Gasteiger partial charge is 0.343 e. The lowest BCUT2D eigenvalue weighted by molar-refractivity contribution is 0.0734. The summed E-state index contributed by atoms with van der Waals surface area (Å²) in [4.78, 5) is 23.5. The van der Waals surface area contributed by atoms with Crippen molar-refractivity contribution < 1.29 is 14.3 Å². The zero-order valence-corrected chi connectivity index (χ0v) is 14.2. The molecule has 0 heterocycles. The summed E-state index contributed by atoms with van der Waals surface area (Å²) in [5.74, 6) is 0.165. The Balaban J connectivity index is 1.72. The van der Waals surface area contributed by atoms with E-state index in [0.29, 0.717) is 16.9 Å². The average molecular weight is 330 g/mol. The van der Waals surface area contributed by atoms with Gasteiger partial charge in [0.1, 0.15) is 5.75 Å². The lowest BCUT2D eigenvalue weighted by Crippen LogP contribution is -2.08. The molecule has 0 aliphatic heterocycles. The molecular weight excluding hydrogens is 312 g/mol. The largest absolute Gasteiger partial charge is 0.423 e. The van der Waals surface area contributed by atoms with Crippen LogP contribution in [0.4, 0.5) is 0 Å². The van der Waals surface area contributed by atoms with Gasteiger partial charge in [0.25, 0.3) is 0 Å². The Hall–Kier alpha value is -3.20. The van der Waals surface area contributed by atoms with Crippen LogP contribution >= 0.6 is 0 Å². The minimum Gasteiger partial charge on any atom is -0.423 e. The van der Waals surface area contributed by atoms with Gasteiger partial charge in [-0.1, -0.05) is 54.1 Å². The molecule has 3 heteroatoms. The number of aryl methyl sites for hydroxylation is 1. The van der Waals surface area contributed by atoms with Gasteiger partial charge in [0.15, 0.2) is 5.78 Å².